The lowest BCUT2D eigenvalue weighted by Gasteiger charge is -1.96. The first-order valence-electron chi connectivity index (χ1n) is 2.58. The van der Waals surface area contributed by atoms with Crippen LogP contribution in [0.2, 0.25) is 0 Å². The minimum Gasteiger partial charge on any atom is -0.302 e. The highest BCUT2D eigenvalue weighted by Gasteiger charge is 2.19. The summed E-state index contributed by atoms with van der Waals surface area (Å²) in [7, 11) is -3.76. The van der Waals surface area contributed by atoms with E-state index in [1.54, 1.807) is 6.07 Å². The van der Waals surface area contributed by atoms with Crippen molar-refractivity contribution in [1.29, 1.82) is 0 Å². The first kappa shape index (κ1) is 10.6. The van der Waals surface area contributed by atoms with E-state index in [9.17, 15) is 8.42 Å². The molecule has 0 amide bonds. The van der Waals surface area contributed by atoms with E-state index in [0.717, 1.165) is 11.3 Å². The first-order chi connectivity index (χ1) is 5.47. The molecule has 2 N–H and O–H groups in total. The van der Waals surface area contributed by atoms with Gasteiger partial charge in [0.25, 0.3) is 10.0 Å². The van der Waals surface area contributed by atoms with Gasteiger partial charge in [0, 0.05) is 4.47 Å². The smallest absolute Gasteiger partial charge is 0.272 e. The highest BCUT2D eigenvalue weighted by Crippen LogP contribution is 2.34. The zero-order chi connectivity index (χ0) is 9.35. The van der Waals surface area contributed by atoms with E-state index in [0.29, 0.717) is 8.26 Å². The summed E-state index contributed by atoms with van der Waals surface area (Å²) in [6.45, 7) is 0. The van der Waals surface area contributed by atoms with Crippen LogP contribution < -0.4 is 4.89 Å². The van der Waals surface area contributed by atoms with Gasteiger partial charge in [-0.05, 0) is 37.9 Å². The van der Waals surface area contributed by atoms with Crippen LogP contribution in [0.5, 0.6) is 0 Å². The van der Waals surface area contributed by atoms with Crippen LogP contribution in [-0.4, -0.2) is 13.6 Å². The fourth-order valence-corrected chi connectivity index (χ4v) is 4.88. The molecule has 1 aromatic rings. The van der Waals surface area contributed by atoms with Gasteiger partial charge in [0.15, 0.2) is 4.21 Å². The molecule has 0 saturated carbocycles. The molecular formula is C4H3Br2NO3S2. The van der Waals surface area contributed by atoms with E-state index in [2.05, 4.69) is 31.9 Å². The number of sulfonamides is 1. The Hall–Kier alpha value is 0.530. The highest BCUT2D eigenvalue weighted by atomic mass is 79.9. The lowest BCUT2D eigenvalue weighted by Crippen LogP contribution is -2.18. The highest BCUT2D eigenvalue weighted by molar-refractivity contribution is 9.11. The predicted molar refractivity (Wildman–Crippen MR) is 51.8 cm³/mol. The van der Waals surface area contributed by atoms with Gasteiger partial charge in [-0.25, -0.2) is 8.42 Å². The molecule has 1 heterocycles. The first-order valence-corrected chi connectivity index (χ1v) is 6.46. The summed E-state index contributed by atoms with van der Waals surface area (Å²) in [6, 6.07) is 1.59. The zero-order valence-electron chi connectivity index (χ0n) is 5.41. The molecule has 12 heavy (non-hydrogen) atoms. The zero-order valence-corrected chi connectivity index (χ0v) is 10.2. The van der Waals surface area contributed by atoms with E-state index < -0.39 is 10.0 Å². The summed E-state index contributed by atoms with van der Waals surface area (Å²) >= 11 is 7.17. The summed E-state index contributed by atoms with van der Waals surface area (Å²) in [6.07, 6.45) is 0. The normalized spacial score (nSPS) is 11.9. The third-order valence-corrected chi connectivity index (χ3v) is 5.43. The van der Waals surface area contributed by atoms with Crippen molar-refractivity contribution in [2.45, 2.75) is 4.21 Å². The topological polar surface area (TPSA) is 66.4 Å². The molecule has 0 aliphatic carbocycles. The van der Waals surface area contributed by atoms with Crippen molar-refractivity contribution in [2.24, 2.45) is 0 Å². The quantitative estimate of drug-likeness (QED) is 0.811. The SMILES string of the molecule is O=S(=O)(NO)c1sc(Br)cc1Br. The Kier molecular flexibility index (Phi) is 3.29. The van der Waals surface area contributed by atoms with Gasteiger partial charge in [-0.3, -0.25) is 0 Å². The van der Waals surface area contributed by atoms with Gasteiger partial charge in [-0.15, -0.1) is 11.3 Å². The minimum atomic E-state index is -3.76. The maximum atomic E-state index is 11.0. The largest absolute Gasteiger partial charge is 0.302 e. The Labute approximate surface area is 89.9 Å². The van der Waals surface area contributed by atoms with E-state index in [1.807, 2.05) is 0 Å². The summed E-state index contributed by atoms with van der Waals surface area (Å²) in [5, 5.41) is 8.31. The lowest BCUT2D eigenvalue weighted by atomic mass is 10.7. The van der Waals surface area contributed by atoms with Gasteiger partial charge in [-0.1, -0.05) is 4.89 Å². The third kappa shape index (κ3) is 2.06. The monoisotopic (exact) mass is 335 g/mol. The van der Waals surface area contributed by atoms with Crippen molar-refractivity contribution in [3.63, 3.8) is 0 Å². The molecule has 68 valence electrons. The molecule has 4 nitrogen and oxygen atoms in total. The fraction of sp³-hybridized carbons (Fsp3) is 0. The van der Waals surface area contributed by atoms with Crippen molar-refractivity contribution in [1.82, 2.24) is 4.89 Å². The summed E-state index contributed by atoms with van der Waals surface area (Å²) < 4.78 is 23.2. The standard InChI is InChI=1S/C4H3Br2NO3S2/c5-2-1-3(6)11-4(2)12(9,10)7-8/h1,7-8H. The average Bonchev–Trinajstić information content (AvgIpc) is 2.31. The van der Waals surface area contributed by atoms with Crippen molar-refractivity contribution < 1.29 is 13.6 Å². The molecule has 0 atom stereocenters. The second kappa shape index (κ2) is 3.72. The van der Waals surface area contributed by atoms with Crippen LogP contribution >= 0.6 is 43.2 Å². The third-order valence-electron chi connectivity index (χ3n) is 0.990. The molecule has 8 heteroatoms. The molecule has 0 aromatic carbocycles. The van der Waals surface area contributed by atoms with E-state index in [4.69, 9.17) is 5.21 Å². The van der Waals surface area contributed by atoms with Crippen molar-refractivity contribution in [3.05, 3.63) is 14.3 Å². The van der Waals surface area contributed by atoms with Crippen molar-refractivity contribution in [3.8, 4) is 0 Å². The summed E-state index contributed by atoms with van der Waals surface area (Å²) in [4.78, 5) is 1.24. The van der Waals surface area contributed by atoms with Gasteiger partial charge in [0.2, 0.25) is 0 Å². The number of rotatable bonds is 2. The van der Waals surface area contributed by atoms with Gasteiger partial charge in [0.05, 0.1) is 3.79 Å². The maximum absolute atomic E-state index is 11.0. The molecule has 0 fully saturated rings. The predicted octanol–water partition coefficient (Wildman–Crippen LogP) is 1.94. The molecule has 1 rings (SSSR count). The Morgan fingerprint density at radius 3 is 2.42 bits per heavy atom. The van der Waals surface area contributed by atoms with Gasteiger partial charge < -0.3 is 5.21 Å². The average molecular weight is 337 g/mol. The van der Waals surface area contributed by atoms with Crippen molar-refractivity contribution >= 4 is 53.2 Å². The molecular weight excluding hydrogens is 334 g/mol. The Morgan fingerprint density at radius 2 is 2.08 bits per heavy atom. The molecule has 0 unspecified atom stereocenters. The van der Waals surface area contributed by atoms with E-state index in [-0.39, 0.29) is 4.21 Å². The maximum Gasteiger partial charge on any atom is 0.272 e. The van der Waals surface area contributed by atoms with Crippen LogP contribution in [0, 0.1) is 0 Å². The Balaban J connectivity index is 3.29. The minimum absolute atomic E-state index is 0.0388. The summed E-state index contributed by atoms with van der Waals surface area (Å²) in [5.41, 5.74) is 0. The molecule has 0 spiro atoms. The number of nitrogens with one attached hydrogen (secondary N) is 1. The van der Waals surface area contributed by atoms with Crippen LogP contribution in [-0.2, 0) is 10.0 Å². The Morgan fingerprint density at radius 1 is 1.50 bits per heavy atom. The lowest BCUT2D eigenvalue weighted by molar-refractivity contribution is 0.243. The molecule has 0 radical (unpaired) electrons. The Bertz CT molecular complexity index is 385. The number of thiophene rings is 1. The van der Waals surface area contributed by atoms with E-state index in [1.165, 1.54) is 4.89 Å². The molecule has 0 saturated heterocycles. The number of hydrogen-bond acceptors (Lipinski definition) is 4. The second-order valence-corrected chi connectivity index (χ2v) is 6.92. The molecule has 0 aliphatic rings. The number of hydrogen-bond donors (Lipinski definition) is 2. The molecule has 0 bridgehead atoms. The fourth-order valence-electron chi connectivity index (χ4n) is 0.550. The van der Waals surface area contributed by atoms with Crippen LogP contribution in [0.3, 0.4) is 0 Å². The van der Waals surface area contributed by atoms with Gasteiger partial charge in [-0.2, -0.15) is 0 Å². The van der Waals surface area contributed by atoms with Crippen LogP contribution in [0.25, 0.3) is 0 Å². The van der Waals surface area contributed by atoms with E-state index >= 15 is 0 Å². The van der Waals surface area contributed by atoms with Crippen LogP contribution in [0.1, 0.15) is 0 Å². The molecule has 0 aliphatic heterocycles. The van der Waals surface area contributed by atoms with Gasteiger partial charge >= 0.3 is 0 Å². The van der Waals surface area contributed by atoms with Crippen molar-refractivity contribution in [2.75, 3.05) is 0 Å². The van der Waals surface area contributed by atoms with Gasteiger partial charge in [0.1, 0.15) is 0 Å². The summed E-state index contributed by atoms with van der Waals surface area (Å²) in [5.74, 6) is 0. The second-order valence-electron chi connectivity index (χ2n) is 1.78. The molecule has 1 aromatic heterocycles. The number of halogens is 2. The van der Waals surface area contributed by atoms with Crippen LogP contribution in [0.4, 0.5) is 0 Å². The van der Waals surface area contributed by atoms with Crippen LogP contribution in [0.15, 0.2) is 18.5 Å².